The highest BCUT2D eigenvalue weighted by molar-refractivity contribution is 5.73. The van der Waals surface area contributed by atoms with Gasteiger partial charge in [-0.2, -0.15) is 5.10 Å². The van der Waals surface area contributed by atoms with Gasteiger partial charge in [-0.25, -0.2) is 9.59 Å². The van der Waals surface area contributed by atoms with Crippen molar-refractivity contribution in [2.45, 2.75) is 6.54 Å². The van der Waals surface area contributed by atoms with Gasteiger partial charge < -0.3 is 20.5 Å². The number of rotatable bonds is 7. The smallest absolute Gasteiger partial charge is 0.329 e. The number of amides is 2. The number of carboxylic acid groups (broad SMARTS) is 1. The molecule has 4 N–H and O–H groups in total. The number of carbonyl (C=O) groups is 2. The first-order chi connectivity index (χ1) is 8.18. The average molecular weight is 242 g/mol. The molecule has 0 aromatic carbocycles. The Morgan fingerprint density at radius 2 is 2.29 bits per heavy atom. The molecule has 0 saturated heterocycles. The van der Waals surface area contributed by atoms with E-state index in [1.165, 1.54) is 0 Å². The van der Waals surface area contributed by atoms with Crippen molar-refractivity contribution in [3.8, 4) is 0 Å². The summed E-state index contributed by atoms with van der Waals surface area (Å²) in [4.78, 5) is 21.3. The average Bonchev–Trinajstić information content (AvgIpc) is 2.78. The predicted molar refractivity (Wildman–Crippen MR) is 57.3 cm³/mol. The molecule has 0 aliphatic carbocycles. The van der Waals surface area contributed by atoms with Gasteiger partial charge in [-0.15, -0.1) is 0 Å². The van der Waals surface area contributed by atoms with Gasteiger partial charge in [0.2, 0.25) is 0 Å². The molecule has 1 aromatic heterocycles. The monoisotopic (exact) mass is 242 g/mol. The molecule has 8 nitrogen and oxygen atoms in total. The highest BCUT2D eigenvalue weighted by Crippen LogP contribution is 1.91. The van der Waals surface area contributed by atoms with Crippen molar-refractivity contribution in [1.82, 2.24) is 20.8 Å². The van der Waals surface area contributed by atoms with Gasteiger partial charge in [-0.05, 0) is 0 Å². The first kappa shape index (κ1) is 13.0. The van der Waals surface area contributed by atoms with Crippen molar-refractivity contribution in [3.63, 3.8) is 0 Å². The fourth-order valence-corrected chi connectivity index (χ4v) is 1.02. The molecule has 0 spiro atoms. The van der Waals surface area contributed by atoms with E-state index in [0.717, 1.165) is 5.56 Å². The van der Waals surface area contributed by atoms with Crippen LogP contribution >= 0.6 is 0 Å². The van der Waals surface area contributed by atoms with Gasteiger partial charge in [0.15, 0.2) is 0 Å². The Balaban J connectivity index is 2.00. The van der Waals surface area contributed by atoms with E-state index in [-0.39, 0.29) is 25.8 Å². The number of carbonyl (C=O) groups excluding carboxylic acids is 1. The molecule has 0 unspecified atom stereocenters. The number of nitrogens with zero attached hydrogens (tertiary/aromatic N) is 1. The normalized spacial score (nSPS) is 9.88. The molecule has 94 valence electrons. The molecule has 1 rings (SSSR count). The summed E-state index contributed by atoms with van der Waals surface area (Å²) < 4.78 is 4.74. The topological polar surface area (TPSA) is 116 Å². The maximum atomic E-state index is 11.2. The molecule has 0 atom stereocenters. The van der Waals surface area contributed by atoms with Crippen LogP contribution in [0.25, 0.3) is 0 Å². The van der Waals surface area contributed by atoms with Crippen LogP contribution < -0.4 is 10.6 Å². The second-order valence-corrected chi connectivity index (χ2v) is 3.16. The molecule has 2 amide bonds. The molecule has 0 aliphatic rings. The second-order valence-electron chi connectivity index (χ2n) is 3.16. The van der Waals surface area contributed by atoms with Crippen molar-refractivity contribution < 1.29 is 19.4 Å². The Bertz CT molecular complexity index is 352. The van der Waals surface area contributed by atoms with Gasteiger partial charge in [-0.1, -0.05) is 0 Å². The van der Waals surface area contributed by atoms with E-state index in [2.05, 4.69) is 20.8 Å². The number of urea groups is 1. The van der Waals surface area contributed by atoms with Crippen LogP contribution in [0.4, 0.5) is 4.79 Å². The summed E-state index contributed by atoms with van der Waals surface area (Å²) in [6, 6.07) is -0.342. The molecule has 0 aliphatic heterocycles. The number of H-pyrrole nitrogens is 1. The van der Waals surface area contributed by atoms with Gasteiger partial charge >= 0.3 is 12.0 Å². The van der Waals surface area contributed by atoms with E-state index in [1.807, 2.05) is 0 Å². The molecule has 0 bridgehead atoms. The van der Waals surface area contributed by atoms with Crippen LogP contribution in [0.5, 0.6) is 0 Å². The zero-order chi connectivity index (χ0) is 12.5. The van der Waals surface area contributed by atoms with Crippen molar-refractivity contribution in [1.29, 1.82) is 0 Å². The summed E-state index contributed by atoms with van der Waals surface area (Å²) in [6.45, 7) is 0.423. The Morgan fingerprint density at radius 3 is 2.94 bits per heavy atom. The van der Waals surface area contributed by atoms with E-state index < -0.39 is 5.97 Å². The van der Waals surface area contributed by atoms with Crippen molar-refractivity contribution in [2.75, 3.05) is 19.8 Å². The third-order valence-electron chi connectivity index (χ3n) is 1.77. The molecular weight excluding hydrogens is 228 g/mol. The first-order valence-electron chi connectivity index (χ1n) is 4.97. The molecular formula is C9H14N4O4. The number of hydrogen-bond donors (Lipinski definition) is 4. The van der Waals surface area contributed by atoms with Crippen molar-refractivity contribution in [2.24, 2.45) is 0 Å². The maximum absolute atomic E-state index is 11.2. The Kier molecular flexibility index (Phi) is 5.52. The van der Waals surface area contributed by atoms with Crippen LogP contribution in [0.2, 0.25) is 0 Å². The molecule has 8 heteroatoms. The van der Waals surface area contributed by atoms with Gasteiger partial charge in [0, 0.05) is 24.8 Å². The number of ether oxygens (including phenoxy) is 1. The summed E-state index contributed by atoms with van der Waals surface area (Å²) in [6.07, 6.45) is 3.28. The number of hydrogen-bond acceptors (Lipinski definition) is 4. The SMILES string of the molecule is O=C(O)COCCNC(=O)NCc1cn[nH]c1. The number of aromatic amines is 1. The Hall–Kier alpha value is -2.09. The van der Waals surface area contributed by atoms with E-state index in [9.17, 15) is 9.59 Å². The van der Waals surface area contributed by atoms with E-state index in [1.54, 1.807) is 12.4 Å². The van der Waals surface area contributed by atoms with Gasteiger partial charge in [0.25, 0.3) is 0 Å². The number of nitrogens with one attached hydrogen (secondary N) is 3. The zero-order valence-electron chi connectivity index (χ0n) is 9.10. The van der Waals surface area contributed by atoms with Gasteiger partial charge in [0.1, 0.15) is 6.61 Å². The summed E-state index contributed by atoms with van der Waals surface area (Å²) in [7, 11) is 0. The van der Waals surface area contributed by atoms with Gasteiger partial charge in [-0.3, -0.25) is 5.10 Å². The predicted octanol–water partition coefficient (Wildman–Crippen LogP) is -0.690. The lowest BCUT2D eigenvalue weighted by Crippen LogP contribution is -2.37. The lowest BCUT2D eigenvalue weighted by Gasteiger charge is -2.06. The highest BCUT2D eigenvalue weighted by atomic mass is 16.5. The van der Waals surface area contributed by atoms with Crippen molar-refractivity contribution >= 4 is 12.0 Å². The van der Waals surface area contributed by atoms with Crippen LogP contribution in [0.15, 0.2) is 12.4 Å². The fourth-order valence-electron chi connectivity index (χ4n) is 1.02. The summed E-state index contributed by atoms with van der Waals surface area (Å²) in [5, 5.41) is 19.8. The molecule has 0 fully saturated rings. The minimum atomic E-state index is -1.03. The third kappa shape index (κ3) is 6.15. The van der Waals surface area contributed by atoms with Crippen LogP contribution in [0, 0.1) is 0 Å². The first-order valence-corrected chi connectivity index (χ1v) is 4.97. The van der Waals surface area contributed by atoms with E-state index in [0.29, 0.717) is 6.54 Å². The maximum Gasteiger partial charge on any atom is 0.329 e. The summed E-state index contributed by atoms with van der Waals surface area (Å²) in [5.74, 6) is -1.03. The lowest BCUT2D eigenvalue weighted by molar-refractivity contribution is -0.142. The summed E-state index contributed by atoms with van der Waals surface area (Å²) in [5.41, 5.74) is 0.863. The molecule has 1 heterocycles. The van der Waals surface area contributed by atoms with Crippen LogP contribution in [-0.4, -0.2) is 47.1 Å². The summed E-state index contributed by atoms with van der Waals surface area (Å²) >= 11 is 0. The highest BCUT2D eigenvalue weighted by Gasteiger charge is 2.01. The van der Waals surface area contributed by atoms with E-state index in [4.69, 9.17) is 9.84 Å². The molecule has 1 aromatic rings. The lowest BCUT2D eigenvalue weighted by atomic mass is 10.4. The largest absolute Gasteiger partial charge is 0.480 e. The quantitative estimate of drug-likeness (QED) is 0.472. The molecule has 17 heavy (non-hydrogen) atoms. The Morgan fingerprint density at radius 1 is 1.47 bits per heavy atom. The molecule has 0 radical (unpaired) electrons. The van der Waals surface area contributed by atoms with Crippen LogP contribution in [0.3, 0.4) is 0 Å². The Labute approximate surface area is 97.3 Å². The number of aliphatic carboxylic acids is 1. The molecule has 0 saturated carbocycles. The second kappa shape index (κ2) is 7.23. The van der Waals surface area contributed by atoms with Gasteiger partial charge in [0.05, 0.1) is 12.8 Å². The zero-order valence-corrected chi connectivity index (χ0v) is 9.10. The van der Waals surface area contributed by atoms with Crippen LogP contribution in [-0.2, 0) is 16.1 Å². The minimum Gasteiger partial charge on any atom is -0.480 e. The third-order valence-corrected chi connectivity index (χ3v) is 1.77. The fraction of sp³-hybridized carbons (Fsp3) is 0.444. The minimum absolute atomic E-state index is 0.158. The van der Waals surface area contributed by atoms with Crippen molar-refractivity contribution in [3.05, 3.63) is 18.0 Å². The van der Waals surface area contributed by atoms with E-state index >= 15 is 0 Å². The number of aromatic nitrogens is 2. The van der Waals surface area contributed by atoms with Crippen LogP contribution in [0.1, 0.15) is 5.56 Å². The number of carboxylic acids is 1. The standard InChI is InChI=1S/C9H14N4O4/c14-8(15)6-17-2-1-10-9(16)11-3-7-4-12-13-5-7/h4-5H,1-3,6H2,(H,12,13)(H,14,15)(H2,10,11,16).